The number of rotatable bonds is 10. The third-order valence-electron chi connectivity index (χ3n) is 4.58. The molecule has 1 atom stereocenters. The highest BCUT2D eigenvalue weighted by atomic mass is 127. The van der Waals surface area contributed by atoms with E-state index in [1.165, 1.54) is 0 Å². The first-order valence-corrected chi connectivity index (χ1v) is 11.5. The Kier molecular flexibility index (Phi) is 13.2. The van der Waals surface area contributed by atoms with E-state index in [1.54, 1.807) is 37.9 Å². The molecule has 0 spiro atoms. The maximum absolute atomic E-state index is 12.0. The number of nitrogens with one attached hydrogen (secondary N) is 2. The summed E-state index contributed by atoms with van der Waals surface area (Å²) in [5, 5.41) is 6.73. The monoisotopic (exact) mass is 570 g/mol. The molecule has 0 bridgehead atoms. The van der Waals surface area contributed by atoms with Crippen LogP contribution in [0.1, 0.15) is 29.8 Å². The van der Waals surface area contributed by atoms with Gasteiger partial charge in [0.1, 0.15) is 5.75 Å². The highest BCUT2D eigenvalue weighted by molar-refractivity contribution is 14.0. The first-order valence-electron chi connectivity index (χ1n) is 10.5. The second-order valence-electron chi connectivity index (χ2n) is 7.54. The van der Waals surface area contributed by atoms with Crippen LogP contribution in [0.2, 0.25) is 0 Å². The Labute approximate surface area is 213 Å². The first-order chi connectivity index (χ1) is 14.9. The number of aliphatic imine (C=N–C) groups is 1. The molecule has 0 heterocycles. The molecule has 0 radical (unpaired) electrons. The van der Waals surface area contributed by atoms with E-state index >= 15 is 0 Å². The van der Waals surface area contributed by atoms with Gasteiger partial charge in [-0.1, -0.05) is 31.2 Å². The lowest BCUT2D eigenvalue weighted by atomic mass is 10.1. The summed E-state index contributed by atoms with van der Waals surface area (Å²) in [5.41, 5.74) is 1.75. The number of carbonyl (C=O) groups excluding carboxylic acids is 1. The fraction of sp³-hybridized carbons (Fsp3) is 0.417. The first kappa shape index (κ1) is 28.1. The molecule has 6 nitrogen and oxygen atoms in total. The summed E-state index contributed by atoms with van der Waals surface area (Å²) in [6.07, 6.45) is 0. The summed E-state index contributed by atoms with van der Waals surface area (Å²) >= 11 is 1.80. The summed E-state index contributed by atoms with van der Waals surface area (Å²) < 4.78 is 5.43. The zero-order valence-electron chi connectivity index (χ0n) is 19.6. The Balaban J connectivity index is 0.00000512. The van der Waals surface area contributed by atoms with E-state index < -0.39 is 0 Å². The van der Waals surface area contributed by atoms with Gasteiger partial charge in [-0.25, -0.2) is 4.99 Å². The minimum Gasteiger partial charge on any atom is -0.496 e. The van der Waals surface area contributed by atoms with Gasteiger partial charge in [-0.05, 0) is 42.7 Å². The molecule has 0 aliphatic heterocycles. The summed E-state index contributed by atoms with van der Waals surface area (Å²) in [7, 11) is 5.21. The predicted molar refractivity (Wildman–Crippen MR) is 146 cm³/mol. The third kappa shape index (κ3) is 9.28. The molecule has 2 aromatic rings. The van der Waals surface area contributed by atoms with Crippen LogP contribution in [0.3, 0.4) is 0 Å². The SMILES string of the molecule is CCNC(=NCc1ccc(C(=O)N(C)C)cc1)NCC(C)CSc1ccccc1OC.I. The smallest absolute Gasteiger partial charge is 0.253 e. The Morgan fingerprint density at radius 3 is 2.44 bits per heavy atom. The second kappa shape index (κ2) is 15.0. The molecule has 32 heavy (non-hydrogen) atoms. The summed E-state index contributed by atoms with van der Waals surface area (Å²) in [4.78, 5) is 19.4. The van der Waals surface area contributed by atoms with Gasteiger partial charge in [0, 0.05) is 43.4 Å². The fourth-order valence-corrected chi connectivity index (χ4v) is 3.87. The number of halogens is 1. The Bertz CT molecular complexity index is 859. The number of methoxy groups -OCH3 is 1. The zero-order valence-corrected chi connectivity index (χ0v) is 22.7. The van der Waals surface area contributed by atoms with E-state index in [4.69, 9.17) is 4.74 Å². The van der Waals surface area contributed by atoms with Gasteiger partial charge in [-0.2, -0.15) is 0 Å². The molecular weight excluding hydrogens is 535 g/mol. The Morgan fingerprint density at radius 2 is 1.81 bits per heavy atom. The normalized spacial score (nSPS) is 11.8. The van der Waals surface area contributed by atoms with Crippen molar-refractivity contribution in [2.24, 2.45) is 10.9 Å². The van der Waals surface area contributed by atoms with Gasteiger partial charge >= 0.3 is 0 Å². The van der Waals surface area contributed by atoms with E-state index in [0.29, 0.717) is 18.0 Å². The molecule has 0 aliphatic carbocycles. The van der Waals surface area contributed by atoms with Crippen molar-refractivity contribution in [3.63, 3.8) is 0 Å². The summed E-state index contributed by atoms with van der Waals surface area (Å²) in [5.74, 6) is 3.15. The van der Waals surface area contributed by atoms with Crippen molar-refractivity contribution in [3.05, 3.63) is 59.7 Å². The topological polar surface area (TPSA) is 66.0 Å². The quantitative estimate of drug-likeness (QED) is 0.191. The van der Waals surface area contributed by atoms with Crippen molar-refractivity contribution < 1.29 is 9.53 Å². The van der Waals surface area contributed by atoms with Crippen LogP contribution < -0.4 is 15.4 Å². The summed E-state index contributed by atoms with van der Waals surface area (Å²) in [6.45, 7) is 6.45. The number of thioether (sulfide) groups is 1. The minimum absolute atomic E-state index is 0. The molecule has 0 saturated carbocycles. The van der Waals surface area contributed by atoms with Gasteiger partial charge < -0.3 is 20.3 Å². The number of carbonyl (C=O) groups is 1. The average Bonchev–Trinajstić information content (AvgIpc) is 2.79. The van der Waals surface area contributed by atoms with Crippen molar-refractivity contribution >= 4 is 47.6 Å². The van der Waals surface area contributed by atoms with Crippen LogP contribution in [0.5, 0.6) is 5.75 Å². The van der Waals surface area contributed by atoms with Crippen LogP contribution in [0.4, 0.5) is 0 Å². The number of para-hydroxylation sites is 1. The number of hydrogen-bond donors (Lipinski definition) is 2. The maximum Gasteiger partial charge on any atom is 0.253 e. The largest absolute Gasteiger partial charge is 0.496 e. The molecule has 0 fully saturated rings. The average molecular weight is 571 g/mol. The fourth-order valence-electron chi connectivity index (χ4n) is 2.82. The van der Waals surface area contributed by atoms with E-state index in [2.05, 4.69) is 35.5 Å². The van der Waals surface area contributed by atoms with Gasteiger partial charge in [0.25, 0.3) is 5.91 Å². The van der Waals surface area contributed by atoms with Crippen LogP contribution in [-0.2, 0) is 6.54 Å². The van der Waals surface area contributed by atoms with Crippen LogP contribution >= 0.6 is 35.7 Å². The van der Waals surface area contributed by atoms with Gasteiger partial charge in [0.15, 0.2) is 5.96 Å². The molecule has 2 N–H and O–H groups in total. The molecule has 1 unspecified atom stereocenters. The zero-order chi connectivity index (χ0) is 22.6. The van der Waals surface area contributed by atoms with Crippen molar-refractivity contribution in [2.45, 2.75) is 25.3 Å². The van der Waals surface area contributed by atoms with Crippen LogP contribution in [0.25, 0.3) is 0 Å². The summed E-state index contributed by atoms with van der Waals surface area (Å²) in [6, 6.07) is 15.7. The highest BCUT2D eigenvalue weighted by Crippen LogP contribution is 2.29. The van der Waals surface area contributed by atoms with Crippen LogP contribution in [0, 0.1) is 5.92 Å². The standard InChI is InChI=1S/C24H34N4O2S.HI/c1-6-25-24(27-16-19-11-13-20(14-12-19)23(29)28(3)4)26-15-18(2)17-31-22-10-8-7-9-21(22)30-5;/h7-14,18H,6,15-17H2,1-5H3,(H2,25,26,27);1H. The van der Waals surface area contributed by atoms with Gasteiger partial charge in [0.2, 0.25) is 0 Å². The molecule has 0 saturated heterocycles. The van der Waals surface area contributed by atoms with Crippen molar-refractivity contribution in [1.82, 2.24) is 15.5 Å². The third-order valence-corrected chi connectivity index (χ3v) is 5.97. The van der Waals surface area contributed by atoms with Crippen molar-refractivity contribution in [2.75, 3.05) is 40.0 Å². The number of nitrogens with zero attached hydrogens (tertiary/aromatic N) is 2. The van der Waals surface area contributed by atoms with Gasteiger partial charge in [-0.3, -0.25) is 4.79 Å². The van der Waals surface area contributed by atoms with Gasteiger partial charge in [-0.15, -0.1) is 35.7 Å². The maximum atomic E-state index is 12.0. The second-order valence-corrected chi connectivity index (χ2v) is 8.60. The molecule has 176 valence electrons. The molecule has 0 aliphatic rings. The Morgan fingerprint density at radius 1 is 1.12 bits per heavy atom. The minimum atomic E-state index is 0. The lowest BCUT2D eigenvalue weighted by molar-refractivity contribution is 0.0827. The van der Waals surface area contributed by atoms with E-state index in [-0.39, 0.29) is 29.9 Å². The predicted octanol–water partition coefficient (Wildman–Crippen LogP) is 4.50. The van der Waals surface area contributed by atoms with Gasteiger partial charge in [0.05, 0.1) is 13.7 Å². The number of hydrogen-bond acceptors (Lipinski definition) is 4. The lowest BCUT2D eigenvalue weighted by Crippen LogP contribution is -2.39. The molecule has 1 amide bonds. The van der Waals surface area contributed by atoms with Crippen molar-refractivity contribution in [3.8, 4) is 5.75 Å². The number of amides is 1. The number of ether oxygens (including phenoxy) is 1. The Hall–Kier alpha value is -1.94. The van der Waals surface area contributed by atoms with E-state index in [9.17, 15) is 4.79 Å². The lowest BCUT2D eigenvalue weighted by Gasteiger charge is -2.16. The molecule has 2 aromatic carbocycles. The number of benzene rings is 2. The molecular formula is C24H35IN4O2S. The molecule has 8 heteroatoms. The molecule has 0 aromatic heterocycles. The van der Waals surface area contributed by atoms with Crippen LogP contribution in [0.15, 0.2) is 58.4 Å². The van der Waals surface area contributed by atoms with Crippen molar-refractivity contribution in [1.29, 1.82) is 0 Å². The van der Waals surface area contributed by atoms with E-state index in [0.717, 1.165) is 41.0 Å². The molecule has 2 rings (SSSR count). The number of guanidine groups is 1. The van der Waals surface area contributed by atoms with E-state index in [1.807, 2.05) is 42.5 Å². The van der Waals surface area contributed by atoms with Crippen LogP contribution in [-0.4, -0.2) is 56.8 Å². The highest BCUT2D eigenvalue weighted by Gasteiger charge is 2.09.